The van der Waals surface area contributed by atoms with Gasteiger partial charge in [-0.3, -0.25) is 0 Å². The number of hydrogen-bond donors (Lipinski definition) is 1. The van der Waals surface area contributed by atoms with Gasteiger partial charge in [0.15, 0.2) is 9.84 Å². The van der Waals surface area contributed by atoms with Crippen molar-refractivity contribution in [3.05, 3.63) is 0 Å². The van der Waals surface area contributed by atoms with Gasteiger partial charge in [0.05, 0.1) is 11.9 Å². The van der Waals surface area contributed by atoms with Crippen LogP contribution >= 0.6 is 0 Å². The van der Waals surface area contributed by atoms with Crippen molar-refractivity contribution >= 4 is 9.84 Å². The van der Waals surface area contributed by atoms with Crippen molar-refractivity contribution in [3.63, 3.8) is 0 Å². The van der Waals surface area contributed by atoms with E-state index in [-0.39, 0.29) is 23.1 Å². The van der Waals surface area contributed by atoms with E-state index in [4.69, 9.17) is 4.74 Å². The predicted molar refractivity (Wildman–Crippen MR) is 65.4 cm³/mol. The van der Waals surface area contributed by atoms with Crippen LogP contribution in [0.1, 0.15) is 33.6 Å². The minimum Gasteiger partial charge on any atom is -0.377 e. The highest BCUT2D eigenvalue weighted by atomic mass is 32.2. The van der Waals surface area contributed by atoms with E-state index in [1.807, 2.05) is 13.8 Å². The highest BCUT2D eigenvalue weighted by molar-refractivity contribution is 7.91. The van der Waals surface area contributed by atoms with Crippen LogP contribution < -0.4 is 5.32 Å². The van der Waals surface area contributed by atoms with Gasteiger partial charge in [0, 0.05) is 24.4 Å². The summed E-state index contributed by atoms with van der Waals surface area (Å²) in [6.45, 7) is 7.29. The molecule has 16 heavy (non-hydrogen) atoms. The Morgan fingerprint density at radius 1 is 1.44 bits per heavy atom. The second-order valence-corrected chi connectivity index (χ2v) is 7.06. The van der Waals surface area contributed by atoms with Gasteiger partial charge >= 0.3 is 0 Å². The van der Waals surface area contributed by atoms with Crippen molar-refractivity contribution in [3.8, 4) is 0 Å². The first kappa shape index (κ1) is 13.9. The fourth-order valence-electron chi connectivity index (χ4n) is 1.97. The molecule has 0 saturated carbocycles. The fraction of sp³-hybridized carbons (Fsp3) is 1.00. The van der Waals surface area contributed by atoms with Crippen LogP contribution in [0.4, 0.5) is 0 Å². The Labute approximate surface area is 98.7 Å². The van der Waals surface area contributed by atoms with Crippen LogP contribution in [0.5, 0.6) is 0 Å². The molecule has 0 aliphatic carbocycles. The molecular weight excluding hydrogens is 226 g/mol. The molecule has 0 bridgehead atoms. The summed E-state index contributed by atoms with van der Waals surface area (Å²) in [4.78, 5) is 0. The van der Waals surface area contributed by atoms with Crippen molar-refractivity contribution < 1.29 is 13.2 Å². The van der Waals surface area contributed by atoms with Crippen LogP contribution in [0, 0.1) is 0 Å². The molecule has 0 aromatic rings. The molecule has 0 amide bonds. The molecule has 1 fully saturated rings. The molecule has 0 aromatic carbocycles. The molecule has 1 aliphatic rings. The van der Waals surface area contributed by atoms with E-state index < -0.39 is 9.84 Å². The fourth-order valence-corrected chi connectivity index (χ4v) is 3.21. The van der Waals surface area contributed by atoms with E-state index >= 15 is 0 Å². The number of ether oxygens (including phenoxy) is 1. The lowest BCUT2D eigenvalue weighted by molar-refractivity contribution is 0.0895. The third-order valence-corrected chi connectivity index (χ3v) is 5.20. The summed E-state index contributed by atoms with van der Waals surface area (Å²) in [5, 5.41) is 3.32. The van der Waals surface area contributed by atoms with Crippen LogP contribution in [-0.4, -0.2) is 44.7 Å². The van der Waals surface area contributed by atoms with Gasteiger partial charge in [0.2, 0.25) is 0 Å². The van der Waals surface area contributed by atoms with Gasteiger partial charge in [-0.25, -0.2) is 8.42 Å². The maximum absolute atomic E-state index is 11.5. The largest absolute Gasteiger partial charge is 0.377 e. The molecule has 2 atom stereocenters. The standard InChI is InChI=1S/C11H23NO3S/c1-4-8-16(13,14)9-6-12-11(3)5-7-15-10(11)2/h10,12H,4-9H2,1-3H3. The van der Waals surface area contributed by atoms with Crippen LogP contribution in [0.15, 0.2) is 0 Å². The lowest BCUT2D eigenvalue weighted by Crippen LogP contribution is -2.49. The second-order valence-electron chi connectivity index (χ2n) is 4.76. The van der Waals surface area contributed by atoms with Crippen molar-refractivity contribution in [2.45, 2.75) is 45.3 Å². The van der Waals surface area contributed by atoms with Crippen LogP contribution in [0.2, 0.25) is 0 Å². The average Bonchev–Trinajstić information content (AvgIpc) is 2.46. The molecule has 5 heteroatoms. The highest BCUT2D eigenvalue weighted by Crippen LogP contribution is 2.24. The first-order chi connectivity index (χ1) is 7.40. The minimum atomic E-state index is -2.87. The topological polar surface area (TPSA) is 55.4 Å². The third-order valence-electron chi connectivity index (χ3n) is 3.34. The molecule has 0 aromatic heterocycles. The molecule has 0 spiro atoms. The normalized spacial score (nSPS) is 30.8. The van der Waals surface area contributed by atoms with Crippen LogP contribution in [0.25, 0.3) is 0 Å². The number of nitrogens with one attached hydrogen (secondary N) is 1. The van der Waals surface area contributed by atoms with E-state index in [2.05, 4.69) is 12.2 Å². The first-order valence-corrected chi connectivity index (χ1v) is 7.79. The van der Waals surface area contributed by atoms with Gasteiger partial charge < -0.3 is 10.1 Å². The maximum Gasteiger partial charge on any atom is 0.151 e. The molecule has 1 heterocycles. The quantitative estimate of drug-likeness (QED) is 0.762. The third kappa shape index (κ3) is 3.71. The maximum atomic E-state index is 11.5. The van der Waals surface area contributed by atoms with Gasteiger partial charge in [-0.05, 0) is 26.7 Å². The number of rotatable bonds is 6. The Balaban J connectivity index is 2.35. The predicted octanol–water partition coefficient (Wildman–Crippen LogP) is 0.968. The van der Waals surface area contributed by atoms with Gasteiger partial charge in [-0.2, -0.15) is 0 Å². The number of hydrogen-bond acceptors (Lipinski definition) is 4. The summed E-state index contributed by atoms with van der Waals surface area (Å²) in [7, 11) is -2.87. The molecule has 96 valence electrons. The van der Waals surface area contributed by atoms with Crippen molar-refractivity contribution in [1.82, 2.24) is 5.32 Å². The van der Waals surface area contributed by atoms with Gasteiger partial charge in [-0.15, -0.1) is 0 Å². The van der Waals surface area contributed by atoms with E-state index in [0.717, 1.165) is 13.0 Å². The Morgan fingerprint density at radius 3 is 2.62 bits per heavy atom. The van der Waals surface area contributed by atoms with Gasteiger partial charge in [0.25, 0.3) is 0 Å². The zero-order valence-electron chi connectivity index (χ0n) is 10.5. The summed E-state index contributed by atoms with van der Waals surface area (Å²) in [5.74, 6) is 0.514. The summed E-state index contributed by atoms with van der Waals surface area (Å²) in [6.07, 6.45) is 1.79. The molecule has 1 aliphatic heterocycles. The number of sulfone groups is 1. The molecular formula is C11H23NO3S. The van der Waals surface area contributed by atoms with E-state index in [1.165, 1.54) is 0 Å². The van der Waals surface area contributed by atoms with E-state index in [0.29, 0.717) is 13.0 Å². The van der Waals surface area contributed by atoms with Gasteiger partial charge in [-0.1, -0.05) is 6.92 Å². The van der Waals surface area contributed by atoms with E-state index in [9.17, 15) is 8.42 Å². The monoisotopic (exact) mass is 249 g/mol. The zero-order valence-corrected chi connectivity index (χ0v) is 11.3. The van der Waals surface area contributed by atoms with Crippen LogP contribution in [0.3, 0.4) is 0 Å². The molecule has 1 saturated heterocycles. The summed E-state index contributed by atoms with van der Waals surface area (Å²) in [5.41, 5.74) is -0.0677. The van der Waals surface area contributed by atoms with E-state index in [1.54, 1.807) is 0 Å². The summed E-state index contributed by atoms with van der Waals surface area (Å²) < 4.78 is 28.5. The lowest BCUT2D eigenvalue weighted by atomic mass is 9.95. The first-order valence-electron chi connectivity index (χ1n) is 5.97. The van der Waals surface area contributed by atoms with Crippen molar-refractivity contribution in [2.24, 2.45) is 0 Å². The second kappa shape index (κ2) is 5.47. The zero-order chi connectivity index (χ0) is 12.2. The smallest absolute Gasteiger partial charge is 0.151 e. The molecule has 1 N–H and O–H groups in total. The molecule has 1 rings (SSSR count). The Morgan fingerprint density at radius 2 is 2.12 bits per heavy atom. The minimum absolute atomic E-state index is 0.0677. The van der Waals surface area contributed by atoms with Gasteiger partial charge in [0.1, 0.15) is 0 Å². The van der Waals surface area contributed by atoms with Crippen LogP contribution in [-0.2, 0) is 14.6 Å². The molecule has 4 nitrogen and oxygen atoms in total. The molecule has 0 radical (unpaired) electrons. The summed E-state index contributed by atoms with van der Waals surface area (Å²) >= 11 is 0. The Kier molecular flexibility index (Phi) is 4.76. The SMILES string of the molecule is CCCS(=O)(=O)CCNC1(C)CCOC1C. The van der Waals surface area contributed by atoms with Crippen molar-refractivity contribution in [1.29, 1.82) is 0 Å². The lowest BCUT2D eigenvalue weighted by Gasteiger charge is -2.29. The summed E-state index contributed by atoms with van der Waals surface area (Å²) in [6, 6.07) is 0. The average molecular weight is 249 g/mol. The Hall–Kier alpha value is -0.130. The Bertz CT molecular complexity index is 315. The highest BCUT2D eigenvalue weighted by Gasteiger charge is 2.36. The van der Waals surface area contributed by atoms with Crippen molar-refractivity contribution in [2.75, 3.05) is 24.7 Å². The molecule has 2 unspecified atom stereocenters.